The molecule has 4 nitrogen and oxygen atoms in total. The maximum absolute atomic E-state index is 12.2. The van der Waals surface area contributed by atoms with Gasteiger partial charge in [0.1, 0.15) is 0 Å². The van der Waals surface area contributed by atoms with Gasteiger partial charge in [-0.3, -0.25) is 9.69 Å². The lowest BCUT2D eigenvalue weighted by Gasteiger charge is -2.39. The Labute approximate surface area is 130 Å². The van der Waals surface area contributed by atoms with E-state index in [2.05, 4.69) is 40.1 Å². The zero-order valence-electron chi connectivity index (χ0n) is 12.7. The van der Waals surface area contributed by atoms with E-state index in [1.807, 2.05) is 11.3 Å². The molecule has 5 heteroatoms. The van der Waals surface area contributed by atoms with Gasteiger partial charge < -0.3 is 10.6 Å². The fraction of sp³-hybridized carbons (Fsp3) is 0.688. The van der Waals surface area contributed by atoms with Crippen molar-refractivity contribution in [2.75, 3.05) is 26.7 Å². The molecule has 0 aliphatic carbocycles. The van der Waals surface area contributed by atoms with Crippen LogP contribution < -0.4 is 10.6 Å². The van der Waals surface area contributed by atoms with Crippen molar-refractivity contribution in [1.29, 1.82) is 0 Å². The van der Waals surface area contributed by atoms with Crippen molar-refractivity contribution < 1.29 is 4.79 Å². The van der Waals surface area contributed by atoms with E-state index in [1.165, 1.54) is 17.7 Å². The number of nitrogens with zero attached hydrogens (tertiary/aromatic N) is 1. The number of likely N-dealkylation sites (tertiary alicyclic amines) is 1. The van der Waals surface area contributed by atoms with Crippen LogP contribution in [0.25, 0.3) is 0 Å². The summed E-state index contributed by atoms with van der Waals surface area (Å²) in [5.74, 6) is 0.707. The number of hydrogen-bond acceptors (Lipinski definition) is 4. The van der Waals surface area contributed by atoms with Crippen molar-refractivity contribution in [2.45, 2.75) is 37.8 Å². The topological polar surface area (TPSA) is 44.4 Å². The number of piperidine rings is 1. The van der Waals surface area contributed by atoms with Crippen LogP contribution in [0.5, 0.6) is 0 Å². The van der Waals surface area contributed by atoms with Crippen molar-refractivity contribution in [3.63, 3.8) is 0 Å². The summed E-state index contributed by atoms with van der Waals surface area (Å²) in [4.78, 5) is 16.0. The first-order valence-electron chi connectivity index (χ1n) is 8.00. The molecule has 0 saturated carbocycles. The van der Waals surface area contributed by atoms with E-state index in [4.69, 9.17) is 0 Å². The average Bonchev–Trinajstić information content (AvgIpc) is 3.17. The third kappa shape index (κ3) is 3.47. The van der Waals surface area contributed by atoms with E-state index in [9.17, 15) is 4.79 Å². The van der Waals surface area contributed by atoms with Crippen LogP contribution >= 0.6 is 11.3 Å². The molecule has 2 aliphatic rings. The van der Waals surface area contributed by atoms with Crippen LogP contribution in [0.1, 0.15) is 36.6 Å². The van der Waals surface area contributed by atoms with Gasteiger partial charge in [-0.05, 0) is 63.2 Å². The first-order chi connectivity index (χ1) is 10.3. The second kappa shape index (κ2) is 6.90. The zero-order valence-corrected chi connectivity index (χ0v) is 13.5. The van der Waals surface area contributed by atoms with Crippen molar-refractivity contribution in [3.8, 4) is 0 Å². The Hall–Kier alpha value is -0.910. The van der Waals surface area contributed by atoms with Gasteiger partial charge in [0, 0.05) is 17.5 Å². The summed E-state index contributed by atoms with van der Waals surface area (Å²) in [5.41, 5.74) is 0. The Morgan fingerprint density at radius 2 is 2.38 bits per heavy atom. The third-order valence-corrected chi connectivity index (χ3v) is 5.70. The van der Waals surface area contributed by atoms with Crippen molar-refractivity contribution in [1.82, 2.24) is 15.5 Å². The maximum Gasteiger partial charge on any atom is 0.237 e. The molecule has 3 rings (SSSR count). The normalized spacial score (nSPS) is 30.4. The van der Waals surface area contributed by atoms with E-state index >= 15 is 0 Å². The lowest BCUT2D eigenvalue weighted by Crippen LogP contribution is -2.45. The molecule has 2 N–H and O–H groups in total. The molecule has 3 atom stereocenters. The summed E-state index contributed by atoms with van der Waals surface area (Å²) in [6, 6.07) is 4.84. The highest BCUT2D eigenvalue weighted by molar-refractivity contribution is 7.10. The van der Waals surface area contributed by atoms with Crippen molar-refractivity contribution in [2.24, 2.45) is 5.92 Å². The summed E-state index contributed by atoms with van der Waals surface area (Å²) in [5, 5.41) is 8.60. The van der Waals surface area contributed by atoms with Gasteiger partial charge in [-0.15, -0.1) is 11.3 Å². The number of amides is 1. The quantitative estimate of drug-likeness (QED) is 0.894. The molecule has 3 heterocycles. The van der Waals surface area contributed by atoms with Gasteiger partial charge in [0.05, 0.1) is 6.04 Å². The summed E-state index contributed by atoms with van der Waals surface area (Å²) in [7, 11) is 2.21. The highest BCUT2D eigenvalue weighted by atomic mass is 32.1. The fourth-order valence-corrected chi connectivity index (χ4v) is 4.63. The Morgan fingerprint density at radius 1 is 1.48 bits per heavy atom. The predicted molar refractivity (Wildman–Crippen MR) is 86.4 cm³/mol. The van der Waals surface area contributed by atoms with Crippen LogP contribution in [0.15, 0.2) is 17.5 Å². The molecule has 2 saturated heterocycles. The minimum atomic E-state index is 0.0338. The number of nitrogens with one attached hydrogen (secondary N) is 2. The number of carbonyl (C=O) groups is 1. The molecule has 0 spiro atoms. The number of rotatable bonds is 4. The molecule has 116 valence electrons. The van der Waals surface area contributed by atoms with Crippen LogP contribution in [0, 0.1) is 5.92 Å². The SMILES string of the molecule is CN1CCCC(CNC(=O)C2CCCN2)C1c1cccs1. The van der Waals surface area contributed by atoms with Gasteiger partial charge in [-0.25, -0.2) is 0 Å². The molecular weight excluding hydrogens is 282 g/mol. The minimum Gasteiger partial charge on any atom is -0.354 e. The van der Waals surface area contributed by atoms with E-state index in [0.29, 0.717) is 12.0 Å². The van der Waals surface area contributed by atoms with Gasteiger partial charge >= 0.3 is 0 Å². The Balaban J connectivity index is 1.60. The molecule has 21 heavy (non-hydrogen) atoms. The third-order valence-electron chi connectivity index (χ3n) is 4.76. The standard InChI is InChI=1S/C16H25N3OS/c1-19-9-3-5-12(15(19)14-7-4-10-21-14)11-18-16(20)13-6-2-8-17-13/h4,7,10,12-13,15,17H,2-3,5-6,8-9,11H2,1H3,(H,18,20). The van der Waals surface area contributed by atoms with Crippen LogP contribution in [0.2, 0.25) is 0 Å². The van der Waals surface area contributed by atoms with Gasteiger partial charge in [0.2, 0.25) is 5.91 Å². The van der Waals surface area contributed by atoms with Gasteiger partial charge in [0.15, 0.2) is 0 Å². The van der Waals surface area contributed by atoms with Gasteiger partial charge in [-0.1, -0.05) is 6.07 Å². The number of hydrogen-bond donors (Lipinski definition) is 2. The fourth-order valence-electron chi connectivity index (χ4n) is 3.65. The Kier molecular flexibility index (Phi) is 4.93. The monoisotopic (exact) mass is 307 g/mol. The highest BCUT2D eigenvalue weighted by Gasteiger charge is 2.32. The predicted octanol–water partition coefficient (Wildman–Crippen LogP) is 2.00. The first-order valence-corrected chi connectivity index (χ1v) is 8.88. The van der Waals surface area contributed by atoms with Crippen molar-refractivity contribution >= 4 is 17.2 Å². The highest BCUT2D eigenvalue weighted by Crippen LogP contribution is 2.36. The number of thiophene rings is 1. The van der Waals surface area contributed by atoms with Gasteiger partial charge in [0.25, 0.3) is 0 Å². The summed E-state index contributed by atoms with van der Waals surface area (Å²) >= 11 is 1.83. The van der Waals surface area contributed by atoms with Crippen LogP contribution in [0.4, 0.5) is 0 Å². The molecule has 1 aromatic heterocycles. The van der Waals surface area contributed by atoms with Crippen LogP contribution in [-0.2, 0) is 4.79 Å². The molecule has 1 aromatic rings. The number of carbonyl (C=O) groups excluding carboxylic acids is 1. The van der Waals surface area contributed by atoms with Crippen LogP contribution in [0.3, 0.4) is 0 Å². The Bertz CT molecular complexity index is 456. The first kappa shape index (κ1) is 15.0. The molecule has 0 aromatic carbocycles. The summed E-state index contributed by atoms with van der Waals surface area (Å²) < 4.78 is 0. The van der Waals surface area contributed by atoms with E-state index < -0.39 is 0 Å². The van der Waals surface area contributed by atoms with E-state index in [1.54, 1.807) is 0 Å². The van der Waals surface area contributed by atoms with Crippen LogP contribution in [-0.4, -0.2) is 43.5 Å². The lowest BCUT2D eigenvalue weighted by atomic mass is 9.88. The molecule has 1 amide bonds. The molecular formula is C16H25N3OS. The minimum absolute atomic E-state index is 0.0338. The zero-order chi connectivity index (χ0) is 14.7. The average molecular weight is 307 g/mol. The largest absolute Gasteiger partial charge is 0.354 e. The second-order valence-corrected chi connectivity index (χ2v) is 7.22. The molecule has 2 aliphatic heterocycles. The molecule has 0 bridgehead atoms. The Morgan fingerprint density at radius 3 is 3.10 bits per heavy atom. The van der Waals surface area contributed by atoms with Crippen molar-refractivity contribution in [3.05, 3.63) is 22.4 Å². The summed E-state index contributed by atoms with van der Waals surface area (Å²) in [6.45, 7) is 2.92. The summed E-state index contributed by atoms with van der Waals surface area (Å²) in [6.07, 6.45) is 4.51. The van der Waals surface area contributed by atoms with Gasteiger partial charge in [-0.2, -0.15) is 0 Å². The smallest absolute Gasteiger partial charge is 0.237 e. The lowest BCUT2D eigenvalue weighted by molar-refractivity contribution is -0.123. The van der Waals surface area contributed by atoms with E-state index in [-0.39, 0.29) is 11.9 Å². The second-order valence-electron chi connectivity index (χ2n) is 6.24. The van der Waals surface area contributed by atoms with E-state index in [0.717, 1.165) is 32.5 Å². The molecule has 0 radical (unpaired) electrons. The maximum atomic E-state index is 12.2. The molecule has 3 unspecified atom stereocenters. The molecule has 2 fully saturated rings.